The van der Waals surface area contributed by atoms with Crippen LogP contribution in [0, 0.1) is 52.3 Å². The fraction of sp³-hybridized carbons (Fsp3) is 1.00. The van der Waals surface area contributed by atoms with Crippen LogP contribution < -0.4 is 0 Å². The molecule has 0 aromatic carbocycles. The Morgan fingerprint density at radius 1 is 0.867 bits per heavy atom. The molecule has 0 unspecified atom stereocenters. The number of aliphatic hydroxyl groups is 3. The van der Waals surface area contributed by atoms with Gasteiger partial charge in [0, 0.05) is 6.61 Å². The van der Waals surface area contributed by atoms with Crippen molar-refractivity contribution in [2.75, 3.05) is 6.61 Å². The van der Waals surface area contributed by atoms with Gasteiger partial charge in [-0.15, -0.1) is 0 Å². The van der Waals surface area contributed by atoms with Crippen LogP contribution in [0.3, 0.4) is 0 Å². The van der Waals surface area contributed by atoms with Gasteiger partial charge in [0.2, 0.25) is 0 Å². The lowest BCUT2D eigenvalue weighted by Crippen LogP contribution is -2.54. The zero-order valence-corrected chi connectivity index (χ0v) is 20.0. The molecule has 4 fully saturated rings. The molecule has 30 heavy (non-hydrogen) atoms. The summed E-state index contributed by atoms with van der Waals surface area (Å²) in [6, 6.07) is 0. The van der Waals surface area contributed by atoms with Crippen LogP contribution in [-0.4, -0.2) is 34.1 Å². The van der Waals surface area contributed by atoms with Gasteiger partial charge in [0.05, 0.1) is 12.2 Å². The minimum Gasteiger partial charge on any atom is -0.396 e. The van der Waals surface area contributed by atoms with E-state index in [0.717, 1.165) is 37.5 Å². The Balaban J connectivity index is 1.47. The van der Waals surface area contributed by atoms with E-state index in [1.54, 1.807) is 0 Å². The minimum absolute atomic E-state index is 0.0689. The second-order valence-corrected chi connectivity index (χ2v) is 12.7. The molecule has 0 saturated heterocycles. The molecule has 0 aliphatic heterocycles. The highest BCUT2D eigenvalue weighted by molar-refractivity contribution is 5.11. The van der Waals surface area contributed by atoms with Gasteiger partial charge in [-0.1, -0.05) is 40.5 Å². The van der Waals surface area contributed by atoms with Gasteiger partial charge in [-0.2, -0.15) is 0 Å². The minimum atomic E-state index is -0.136. The topological polar surface area (TPSA) is 60.7 Å². The van der Waals surface area contributed by atoms with Crippen LogP contribution in [0.2, 0.25) is 0 Å². The molecular weight excluding hydrogens is 372 g/mol. The summed E-state index contributed by atoms with van der Waals surface area (Å²) < 4.78 is 0. The predicted octanol–water partition coefficient (Wildman–Crippen LogP) is 5.41. The van der Waals surface area contributed by atoms with Gasteiger partial charge in [0.25, 0.3) is 0 Å². The van der Waals surface area contributed by atoms with Crippen molar-refractivity contribution >= 4 is 0 Å². The highest BCUT2D eigenvalue weighted by atomic mass is 16.3. The normalized spacial score (nSPS) is 50.3. The molecule has 0 heterocycles. The molecule has 3 heteroatoms. The van der Waals surface area contributed by atoms with Crippen molar-refractivity contribution in [2.24, 2.45) is 52.3 Å². The van der Waals surface area contributed by atoms with Crippen molar-refractivity contribution in [1.82, 2.24) is 0 Å². The van der Waals surface area contributed by atoms with Crippen molar-refractivity contribution < 1.29 is 15.3 Å². The molecule has 3 nitrogen and oxygen atoms in total. The van der Waals surface area contributed by atoms with Crippen molar-refractivity contribution in [2.45, 2.75) is 111 Å². The first-order chi connectivity index (χ1) is 14.2. The fourth-order valence-corrected chi connectivity index (χ4v) is 9.38. The fourth-order valence-electron chi connectivity index (χ4n) is 9.38. The smallest absolute Gasteiger partial charge is 0.0579 e. The van der Waals surface area contributed by atoms with E-state index in [-0.39, 0.29) is 12.2 Å². The summed E-state index contributed by atoms with van der Waals surface area (Å²) in [7, 11) is 0. The van der Waals surface area contributed by atoms with E-state index in [0.29, 0.717) is 47.0 Å². The molecule has 174 valence electrons. The summed E-state index contributed by atoms with van der Waals surface area (Å²) in [5, 5.41) is 30.8. The highest BCUT2D eigenvalue weighted by Gasteiger charge is 2.62. The quantitative estimate of drug-likeness (QED) is 0.538. The molecule has 0 bridgehead atoms. The Morgan fingerprint density at radius 3 is 2.33 bits per heavy atom. The second-order valence-electron chi connectivity index (χ2n) is 12.7. The first kappa shape index (κ1) is 23.1. The van der Waals surface area contributed by atoms with Crippen LogP contribution in [0.5, 0.6) is 0 Å². The molecular formula is C27H48O3. The van der Waals surface area contributed by atoms with Crippen LogP contribution in [0.4, 0.5) is 0 Å². The van der Waals surface area contributed by atoms with E-state index in [4.69, 9.17) is 0 Å². The molecule has 0 amide bonds. The largest absolute Gasteiger partial charge is 0.396 e. The molecule has 11 atom stereocenters. The molecule has 0 aromatic heterocycles. The molecule has 0 radical (unpaired) electrons. The summed E-state index contributed by atoms with van der Waals surface area (Å²) in [6.07, 6.45) is 12.7. The zero-order valence-electron chi connectivity index (χ0n) is 20.0. The summed E-state index contributed by atoms with van der Waals surface area (Å²) >= 11 is 0. The Hall–Kier alpha value is -0.120. The lowest BCUT2D eigenvalue weighted by molar-refractivity contribution is -0.130. The highest BCUT2D eigenvalue weighted by Crippen LogP contribution is 2.68. The third kappa shape index (κ3) is 3.79. The number of hydrogen-bond donors (Lipinski definition) is 3. The SMILES string of the molecule is C[C@@H](CO)CCC[C@@H](C)[C@H]1[C@H](O)C[C@H]2[C@@H]3CC[C@H]4C[C@@H](O)CC[C@]4(C)[C@H]3CC[C@]12C. The molecule has 4 aliphatic carbocycles. The number of hydrogen-bond acceptors (Lipinski definition) is 3. The summed E-state index contributed by atoms with van der Waals surface area (Å²) in [6.45, 7) is 9.89. The molecule has 3 N–H and O–H groups in total. The monoisotopic (exact) mass is 420 g/mol. The summed E-state index contributed by atoms with van der Waals surface area (Å²) in [5.41, 5.74) is 0.707. The zero-order chi connectivity index (χ0) is 21.7. The summed E-state index contributed by atoms with van der Waals surface area (Å²) in [4.78, 5) is 0. The molecule has 4 rings (SSSR count). The number of aliphatic hydroxyl groups excluding tert-OH is 3. The Bertz CT molecular complexity index is 593. The van der Waals surface area contributed by atoms with E-state index < -0.39 is 0 Å². The van der Waals surface area contributed by atoms with E-state index in [2.05, 4.69) is 27.7 Å². The predicted molar refractivity (Wildman–Crippen MR) is 122 cm³/mol. The lowest BCUT2D eigenvalue weighted by Gasteiger charge is -2.61. The second kappa shape index (κ2) is 8.67. The van der Waals surface area contributed by atoms with Gasteiger partial charge in [-0.25, -0.2) is 0 Å². The standard InChI is InChI=1S/C27H48O3/c1-17(16-28)6-5-7-18(2)25-24(30)15-23-21-9-8-19-14-20(29)10-12-26(19,3)22(21)11-13-27(23,25)4/h17-25,28-30H,5-16H2,1-4H3/t17-,18-,19+,20+,21-,22+,23+,24-,25+,26+,27+/m1/s1. The van der Waals surface area contributed by atoms with Crippen LogP contribution in [-0.2, 0) is 0 Å². The van der Waals surface area contributed by atoms with E-state index in [9.17, 15) is 15.3 Å². The lowest BCUT2D eigenvalue weighted by atomic mass is 9.44. The maximum atomic E-state index is 11.3. The number of rotatable bonds is 6. The first-order valence-electron chi connectivity index (χ1n) is 13.2. The van der Waals surface area contributed by atoms with Crippen LogP contribution in [0.1, 0.15) is 98.3 Å². The molecule has 4 aliphatic rings. The third-order valence-corrected chi connectivity index (χ3v) is 11.0. The molecule has 0 aromatic rings. The number of fused-ring (bicyclic) bond motifs is 5. The average Bonchev–Trinajstić information content (AvgIpc) is 2.98. The van der Waals surface area contributed by atoms with Gasteiger partial charge in [-0.05, 0) is 110 Å². The Labute approximate surface area is 185 Å². The third-order valence-electron chi connectivity index (χ3n) is 11.0. The van der Waals surface area contributed by atoms with Crippen LogP contribution >= 0.6 is 0 Å². The van der Waals surface area contributed by atoms with E-state index in [1.807, 2.05) is 0 Å². The van der Waals surface area contributed by atoms with Gasteiger partial charge in [0.1, 0.15) is 0 Å². The van der Waals surface area contributed by atoms with Crippen molar-refractivity contribution in [1.29, 1.82) is 0 Å². The van der Waals surface area contributed by atoms with Crippen LogP contribution in [0.15, 0.2) is 0 Å². The van der Waals surface area contributed by atoms with Gasteiger partial charge < -0.3 is 15.3 Å². The van der Waals surface area contributed by atoms with E-state index in [1.165, 1.54) is 44.9 Å². The Kier molecular flexibility index (Phi) is 6.66. The van der Waals surface area contributed by atoms with Crippen molar-refractivity contribution in [3.05, 3.63) is 0 Å². The van der Waals surface area contributed by atoms with E-state index >= 15 is 0 Å². The Morgan fingerprint density at radius 2 is 1.60 bits per heavy atom. The van der Waals surface area contributed by atoms with Crippen LogP contribution in [0.25, 0.3) is 0 Å². The maximum Gasteiger partial charge on any atom is 0.0579 e. The van der Waals surface area contributed by atoms with Gasteiger partial charge >= 0.3 is 0 Å². The maximum absolute atomic E-state index is 11.3. The average molecular weight is 421 g/mol. The van der Waals surface area contributed by atoms with Gasteiger partial charge in [0.15, 0.2) is 0 Å². The van der Waals surface area contributed by atoms with Crippen molar-refractivity contribution in [3.8, 4) is 0 Å². The molecule has 4 saturated carbocycles. The van der Waals surface area contributed by atoms with Gasteiger partial charge in [-0.3, -0.25) is 0 Å². The summed E-state index contributed by atoms with van der Waals surface area (Å²) in [5.74, 6) is 4.37. The van der Waals surface area contributed by atoms with Crippen molar-refractivity contribution in [3.63, 3.8) is 0 Å². The molecule has 0 spiro atoms. The first-order valence-corrected chi connectivity index (χ1v) is 13.2.